The summed E-state index contributed by atoms with van der Waals surface area (Å²) < 4.78 is 86.3. The molecule has 1 fully saturated rings. The van der Waals surface area contributed by atoms with Gasteiger partial charge in [0.05, 0.1) is 47.0 Å². The minimum Gasteiger partial charge on any atom is -0.376 e. The Bertz CT molecular complexity index is 1490. The number of rotatable bonds is 5. The van der Waals surface area contributed by atoms with Crippen LogP contribution in [0.5, 0.6) is 0 Å². The van der Waals surface area contributed by atoms with Crippen LogP contribution >= 0.6 is 0 Å². The van der Waals surface area contributed by atoms with Crippen molar-refractivity contribution in [3.63, 3.8) is 0 Å². The van der Waals surface area contributed by atoms with Crippen molar-refractivity contribution in [1.82, 2.24) is 19.8 Å². The number of aromatic nitrogens is 2. The van der Waals surface area contributed by atoms with Crippen molar-refractivity contribution in [1.29, 1.82) is 0 Å². The maximum absolute atomic E-state index is 13.8. The van der Waals surface area contributed by atoms with E-state index in [4.69, 9.17) is 9.72 Å². The molecule has 6 nitrogen and oxygen atoms in total. The van der Waals surface area contributed by atoms with Gasteiger partial charge in [-0.1, -0.05) is 18.2 Å². The molecule has 1 unspecified atom stereocenters. The first-order chi connectivity index (χ1) is 18.9. The van der Waals surface area contributed by atoms with Crippen molar-refractivity contribution in [2.75, 3.05) is 32.1 Å². The molecule has 1 saturated heterocycles. The van der Waals surface area contributed by atoms with Gasteiger partial charge in [-0.25, -0.2) is 9.97 Å². The molecular weight excluding hydrogens is 536 g/mol. The first kappa shape index (κ1) is 27.9. The summed E-state index contributed by atoms with van der Waals surface area (Å²) in [6.45, 7) is 4.19. The lowest BCUT2D eigenvalue weighted by Crippen LogP contribution is -2.44. The molecule has 3 heterocycles. The lowest BCUT2D eigenvalue weighted by molar-refractivity contribution is -0.139. The summed E-state index contributed by atoms with van der Waals surface area (Å²) in [6, 6.07) is 9.20. The zero-order valence-electron chi connectivity index (χ0n) is 21.7. The van der Waals surface area contributed by atoms with Crippen LogP contribution in [-0.2, 0) is 23.6 Å². The highest BCUT2D eigenvalue weighted by Gasteiger charge is 2.36. The van der Waals surface area contributed by atoms with Gasteiger partial charge in [0, 0.05) is 32.0 Å². The third kappa shape index (κ3) is 6.07. The fourth-order valence-corrected chi connectivity index (χ4v) is 4.94. The topological polar surface area (TPSA) is 53.5 Å². The molecule has 212 valence electrons. The molecule has 0 spiro atoms. The third-order valence-electron chi connectivity index (χ3n) is 6.86. The fraction of sp³-hybridized carbons (Fsp3) is 0.357. The fourth-order valence-electron chi connectivity index (χ4n) is 4.94. The van der Waals surface area contributed by atoms with Crippen LogP contribution in [0, 0.1) is 0 Å². The molecule has 0 saturated carbocycles. The van der Waals surface area contributed by atoms with Gasteiger partial charge in [-0.2, -0.15) is 26.3 Å². The Hall–Kier alpha value is -3.64. The van der Waals surface area contributed by atoms with E-state index in [-0.39, 0.29) is 11.7 Å². The second kappa shape index (κ2) is 10.7. The molecule has 3 aromatic rings. The van der Waals surface area contributed by atoms with Crippen LogP contribution in [0.25, 0.3) is 12.3 Å². The van der Waals surface area contributed by atoms with Crippen molar-refractivity contribution in [3.05, 3.63) is 81.6 Å². The maximum atomic E-state index is 13.8. The highest BCUT2D eigenvalue weighted by atomic mass is 19.4. The zero-order valence-corrected chi connectivity index (χ0v) is 21.7. The number of morpholine rings is 1. The van der Waals surface area contributed by atoms with E-state index < -0.39 is 29.5 Å². The summed E-state index contributed by atoms with van der Waals surface area (Å²) >= 11 is 0. The summed E-state index contributed by atoms with van der Waals surface area (Å²) in [7, 11) is 1.65. The van der Waals surface area contributed by atoms with Gasteiger partial charge in [-0.3, -0.25) is 4.90 Å². The maximum Gasteiger partial charge on any atom is 0.416 e. The highest BCUT2D eigenvalue weighted by Crippen LogP contribution is 2.37. The van der Waals surface area contributed by atoms with Gasteiger partial charge in [0.1, 0.15) is 11.6 Å². The number of alkyl halides is 6. The van der Waals surface area contributed by atoms with Gasteiger partial charge >= 0.3 is 12.4 Å². The smallest absolute Gasteiger partial charge is 0.376 e. The molecule has 0 radical (unpaired) electrons. The van der Waals surface area contributed by atoms with Gasteiger partial charge < -0.3 is 15.0 Å². The Labute approximate surface area is 226 Å². The van der Waals surface area contributed by atoms with E-state index in [1.54, 1.807) is 30.3 Å². The normalized spacial score (nSPS) is 19.9. The molecule has 2 aliphatic heterocycles. The summed E-state index contributed by atoms with van der Waals surface area (Å²) in [5, 5.41) is 4.04. The van der Waals surface area contributed by atoms with Crippen molar-refractivity contribution in [2.24, 2.45) is 0 Å². The van der Waals surface area contributed by atoms with Crippen molar-refractivity contribution >= 4 is 23.8 Å². The Morgan fingerprint density at radius 1 is 0.975 bits per heavy atom. The van der Waals surface area contributed by atoms with Crippen molar-refractivity contribution in [2.45, 2.75) is 38.0 Å². The van der Waals surface area contributed by atoms with Crippen LogP contribution in [0.15, 0.2) is 48.5 Å². The van der Waals surface area contributed by atoms with Crippen LogP contribution in [0.2, 0.25) is 0 Å². The first-order valence-electron chi connectivity index (χ1n) is 12.7. The van der Waals surface area contributed by atoms with Gasteiger partial charge in [0.2, 0.25) is 0 Å². The van der Waals surface area contributed by atoms with E-state index in [9.17, 15) is 26.3 Å². The number of nitrogens with zero attached hydrogens (tertiary/aromatic N) is 4. The monoisotopic (exact) mass is 563 g/mol. The molecule has 2 atom stereocenters. The molecule has 5 rings (SSSR count). The minimum atomic E-state index is -4.54. The number of fused-ring (bicyclic) bond motifs is 1. The Balaban J connectivity index is 1.58. The zero-order chi connectivity index (χ0) is 28.7. The number of hydrogen-bond acceptors (Lipinski definition) is 6. The number of ether oxygens (including phenoxy) is 1. The second-order valence-corrected chi connectivity index (χ2v) is 9.90. The van der Waals surface area contributed by atoms with E-state index >= 15 is 0 Å². The first-order valence-corrected chi connectivity index (χ1v) is 12.7. The summed E-state index contributed by atoms with van der Waals surface area (Å²) in [4.78, 5) is 13.1. The molecule has 40 heavy (non-hydrogen) atoms. The van der Waals surface area contributed by atoms with Crippen LogP contribution in [0.1, 0.15) is 35.5 Å². The van der Waals surface area contributed by atoms with Gasteiger partial charge in [-0.15, -0.1) is 0 Å². The SMILES string of the molecule is C[C@H]1CN(Cc2nc(Nc3ccc(C(F)(F)F)cc3)c3c(n2)=CC(c2ccccc2C(F)(F)F)N(C)C=3)CCO1. The van der Waals surface area contributed by atoms with E-state index in [1.807, 2.05) is 6.92 Å². The molecular formula is C28H27F6N5O. The summed E-state index contributed by atoms with van der Waals surface area (Å²) in [5.74, 6) is 0.769. The predicted molar refractivity (Wildman–Crippen MR) is 138 cm³/mol. The van der Waals surface area contributed by atoms with E-state index in [0.29, 0.717) is 54.1 Å². The second-order valence-electron chi connectivity index (χ2n) is 9.90. The molecule has 12 heteroatoms. The lowest BCUT2D eigenvalue weighted by Gasteiger charge is -2.31. The van der Waals surface area contributed by atoms with E-state index in [1.165, 1.54) is 24.3 Å². The van der Waals surface area contributed by atoms with Gasteiger partial charge in [0.25, 0.3) is 0 Å². The molecule has 1 N–H and O–H groups in total. The van der Waals surface area contributed by atoms with Gasteiger partial charge in [-0.05, 0) is 48.9 Å². The van der Waals surface area contributed by atoms with E-state index in [0.717, 1.165) is 18.2 Å². The molecule has 2 aromatic carbocycles. The highest BCUT2D eigenvalue weighted by molar-refractivity contribution is 5.60. The standard InChI is InChI=1S/C28H27F6N5O/c1-17-14-39(11-12-40-17)16-25-36-23-13-24(20-5-3-4-6-22(20)28(32,33)34)38(2)15-21(23)26(37-25)35-19-9-7-18(8-10-19)27(29,30)31/h3-10,13,15,17,24H,11-12,14,16H2,1-2H3,(H,35,36,37)/t17-,24?/m0/s1. The number of hydrogen-bond donors (Lipinski definition) is 1. The van der Waals surface area contributed by atoms with Crippen molar-refractivity contribution < 1.29 is 31.1 Å². The number of anilines is 2. The summed E-state index contributed by atoms with van der Waals surface area (Å²) in [6.07, 6.45) is -5.68. The quantitative estimate of drug-likeness (QED) is 0.455. The van der Waals surface area contributed by atoms with Crippen molar-refractivity contribution in [3.8, 4) is 0 Å². The van der Waals surface area contributed by atoms with Crippen LogP contribution in [0.3, 0.4) is 0 Å². The van der Waals surface area contributed by atoms with Crippen LogP contribution < -0.4 is 15.9 Å². The number of benzene rings is 2. The Morgan fingerprint density at radius 2 is 1.70 bits per heavy atom. The summed E-state index contributed by atoms with van der Waals surface area (Å²) in [5.41, 5.74) is -1.06. The van der Waals surface area contributed by atoms with Crippen LogP contribution in [0.4, 0.5) is 37.8 Å². The molecule has 0 aliphatic carbocycles. The largest absolute Gasteiger partial charge is 0.416 e. The van der Waals surface area contributed by atoms with Crippen LogP contribution in [-0.4, -0.2) is 52.6 Å². The van der Waals surface area contributed by atoms with Gasteiger partial charge in [0.15, 0.2) is 0 Å². The Morgan fingerprint density at radius 3 is 2.38 bits per heavy atom. The Kier molecular flexibility index (Phi) is 7.49. The molecule has 0 amide bonds. The third-order valence-corrected chi connectivity index (χ3v) is 6.86. The van der Waals surface area contributed by atoms with E-state index in [2.05, 4.69) is 15.2 Å². The lowest BCUT2D eigenvalue weighted by atomic mass is 9.97. The molecule has 2 aliphatic rings. The predicted octanol–water partition coefficient (Wildman–Crippen LogP) is 4.68. The molecule has 1 aromatic heterocycles. The number of nitrogens with one attached hydrogen (secondary N) is 1. The number of halogens is 6. The molecule has 0 bridgehead atoms. The minimum absolute atomic E-state index is 0.0212. The average Bonchev–Trinajstić information content (AvgIpc) is 2.88. The average molecular weight is 564 g/mol.